The van der Waals surface area contributed by atoms with Crippen molar-refractivity contribution in [2.24, 2.45) is 0 Å². The summed E-state index contributed by atoms with van der Waals surface area (Å²) in [6.07, 6.45) is 0. The van der Waals surface area contributed by atoms with Crippen molar-refractivity contribution >= 4 is 76.3 Å². The molecule has 6 rings (SSSR count). The average molecular weight is 461 g/mol. The third-order valence-electron chi connectivity index (χ3n) is 5.83. The number of aryl methyl sites for hydroxylation is 4. The molecule has 0 N–H and O–H groups in total. The Labute approximate surface area is 192 Å². The Hall–Kier alpha value is -1.98. The van der Waals surface area contributed by atoms with Crippen molar-refractivity contribution in [1.29, 1.82) is 0 Å². The number of fused-ring (bicyclic) bond motifs is 5. The number of hydrogen-bond acceptors (Lipinski definition) is 4. The highest BCUT2D eigenvalue weighted by Crippen LogP contribution is 2.46. The van der Waals surface area contributed by atoms with Crippen LogP contribution in [0.1, 0.15) is 20.9 Å². The molecule has 0 fully saturated rings. The van der Waals surface area contributed by atoms with Crippen molar-refractivity contribution in [3.05, 3.63) is 69.4 Å². The predicted octanol–water partition coefficient (Wildman–Crippen LogP) is 9.96. The fraction of sp³-hybridized carbons (Fsp3) is 0.154. The molecule has 0 aliphatic rings. The van der Waals surface area contributed by atoms with E-state index in [2.05, 4.69) is 76.2 Å². The summed E-state index contributed by atoms with van der Waals surface area (Å²) in [5.74, 6) is 0. The normalized spacial score (nSPS) is 12.0. The second kappa shape index (κ2) is 6.76. The van der Waals surface area contributed by atoms with Crippen LogP contribution >= 0.6 is 45.3 Å². The summed E-state index contributed by atoms with van der Waals surface area (Å²) in [6, 6.07) is 18.6. The van der Waals surface area contributed by atoms with E-state index in [-0.39, 0.29) is 0 Å². The van der Waals surface area contributed by atoms with Crippen LogP contribution in [0.5, 0.6) is 0 Å². The minimum atomic E-state index is 1.35. The molecule has 0 aliphatic heterocycles. The van der Waals surface area contributed by atoms with Gasteiger partial charge in [-0.15, -0.1) is 45.3 Å². The standard InChI is InChI=1S/C26H20S4/c1-13-9-21(28-16(13)4)22-10-14(2)24(29-22)23-12-18-6-8-19-20(26(18)30-23)7-5-17-11-15(3)27-25(17)19/h5-12H,1-4H3. The lowest BCUT2D eigenvalue weighted by atomic mass is 10.1. The maximum absolute atomic E-state index is 2.39. The highest BCUT2D eigenvalue weighted by molar-refractivity contribution is 7.29. The van der Waals surface area contributed by atoms with Crippen LogP contribution in [0.25, 0.3) is 50.5 Å². The molecule has 0 amide bonds. The molecule has 0 nitrogen and oxygen atoms in total. The van der Waals surface area contributed by atoms with E-state index in [4.69, 9.17) is 0 Å². The van der Waals surface area contributed by atoms with Gasteiger partial charge >= 0.3 is 0 Å². The van der Waals surface area contributed by atoms with E-state index < -0.39 is 0 Å². The Balaban J connectivity index is 1.53. The molecule has 6 aromatic rings. The minimum absolute atomic E-state index is 1.35. The Bertz CT molecular complexity index is 1560. The summed E-state index contributed by atoms with van der Waals surface area (Å²) in [5.41, 5.74) is 2.77. The molecule has 0 bridgehead atoms. The first-order valence-electron chi connectivity index (χ1n) is 10.0. The summed E-state index contributed by atoms with van der Waals surface area (Å²) in [4.78, 5) is 8.38. The van der Waals surface area contributed by atoms with Crippen molar-refractivity contribution < 1.29 is 0 Å². The highest BCUT2D eigenvalue weighted by atomic mass is 32.1. The molecular weight excluding hydrogens is 441 g/mol. The van der Waals surface area contributed by atoms with Gasteiger partial charge in [-0.1, -0.05) is 24.3 Å². The summed E-state index contributed by atoms with van der Waals surface area (Å²) >= 11 is 7.70. The zero-order valence-corrected chi connectivity index (χ0v) is 20.5. The van der Waals surface area contributed by atoms with E-state index in [0.717, 1.165) is 0 Å². The first-order valence-corrected chi connectivity index (χ1v) is 13.3. The van der Waals surface area contributed by atoms with Gasteiger partial charge in [0, 0.05) is 49.4 Å². The molecule has 0 atom stereocenters. The zero-order chi connectivity index (χ0) is 20.6. The Morgan fingerprint density at radius 1 is 0.533 bits per heavy atom. The van der Waals surface area contributed by atoms with Gasteiger partial charge in [-0.3, -0.25) is 0 Å². The number of thiophene rings is 4. The number of rotatable bonds is 2. The summed E-state index contributed by atoms with van der Waals surface area (Å²) in [7, 11) is 0. The van der Waals surface area contributed by atoms with E-state index in [1.807, 2.05) is 45.3 Å². The van der Waals surface area contributed by atoms with Gasteiger partial charge in [-0.25, -0.2) is 0 Å². The SMILES string of the molecule is Cc1cc2ccc3c(ccc4cc(-c5sc(-c6cc(C)c(C)s6)cc5C)sc43)c2s1. The Kier molecular flexibility index (Phi) is 4.23. The highest BCUT2D eigenvalue weighted by Gasteiger charge is 2.16. The maximum Gasteiger partial charge on any atom is 0.0479 e. The lowest BCUT2D eigenvalue weighted by molar-refractivity contribution is 1.44. The molecule has 148 valence electrons. The molecule has 0 aliphatic carbocycles. The molecule has 0 radical (unpaired) electrons. The summed E-state index contributed by atoms with van der Waals surface area (Å²) in [6.45, 7) is 8.88. The monoisotopic (exact) mass is 460 g/mol. The fourth-order valence-corrected chi connectivity index (χ4v) is 8.86. The van der Waals surface area contributed by atoms with Gasteiger partial charge in [-0.2, -0.15) is 0 Å². The molecule has 0 saturated carbocycles. The van der Waals surface area contributed by atoms with Crippen LogP contribution in [0.4, 0.5) is 0 Å². The van der Waals surface area contributed by atoms with Crippen LogP contribution < -0.4 is 0 Å². The van der Waals surface area contributed by atoms with Gasteiger partial charge in [0.1, 0.15) is 0 Å². The molecule has 0 spiro atoms. The van der Waals surface area contributed by atoms with Gasteiger partial charge in [0.25, 0.3) is 0 Å². The lowest BCUT2D eigenvalue weighted by Crippen LogP contribution is -1.72. The van der Waals surface area contributed by atoms with Gasteiger partial charge in [0.2, 0.25) is 0 Å². The third kappa shape index (κ3) is 2.82. The third-order valence-corrected chi connectivity index (χ3v) is 10.9. The van der Waals surface area contributed by atoms with Crippen molar-refractivity contribution in [2.75, 3.05) is 0 Å². The first-order chi connectivity index (χ1) is 14.5. The molecular formula is C26H20S4. The van der Waals surface area contributed by atoms with Crippen LogP contribution in [0.3, 0.4) is 0 Å². The van der Waals surface area contributed by atoms with Gasteiger partial charge in [0.05, 0.1) is 0 Å². The van der Waals surface area contributed by atoms with E-state index in [1.165, 1.54) is 71.3 Å². The second-order valence-electron chi connectivity index (χ2n) is 8.00. The van der Waals surface area contributed by atoms with Crippen LogP contribution in [-0.4, -0.2) is 0 Å². The van der Waals surface area contributed by atoms with Crippen LogP contribution in [0.2, 0.25) is 0 Å². The molecule has 0 saturated heterocycles. The lowest BCUT2D eigenvalue weighted by Gasteiger charge is -2.01. The van der Waals surface area contributed by atoms with Gasteiger partial charge in [0.15, 0.2) is 0 Å². The van der Waals surface area contributed by atoms with Crippen molar-refractivity contribution in [3.63, 3.8) is 0 Å². The molecule has 4 aromatic heterocycles. The predicted molar refractivity (Wildman–Crippen MR) is 140 cm³/mol. The first kappa shape index (κ1) is 18.8. The van der Waals surface area contributed by atoms with E-state index >= 15 is 0 Å². The number of benzene rings is 2. The van der Waals surface area contributed by atoms with Gasteiger partial charge in [-0.05, 0) is 73.9 Å². The van der Waals surface area contributed by atoms with E-state index in [1.54, 1.807) is 0 Å². The van der Waals surface area contributed by atoms with E-state index in [0.29, 0.717) is 0 Å². The Morgan fingerprint density at radius 3 is 1.87 bits per heavy atom. The van der Waals surface area contributed by atoms with Crippen LogP contribution in [0.15, 0.2) is 48.5 Å². The largest absolute Gasteiger partial charge is 0.140 e. The molecule has 2 aromatic carbocycles. The molecule has 4 heterocycles. The number of hydrogen-bond donors (Lipinski definition) is 0. The average Bonchev–Trinajstić information content (AvgIpc) is 3.46. The zero-order valence-electron chi connectivity index (χ0n) is 17.3. The van der Waals surface area contributed by atoms with Crippen LogP contribution in [0, 0.1) is 27.7 Å². The van der Waals surface area contributed by atoms with Crippen molar-refractivity contribution in [3.8, 4) is 19.5 Å². The molecule has 0 unspecified atom stereocenters. The van der Waals surface area contributed by atoms with Crippen molar-refractivity contribution in [1.82, 2.24) is 0 Å². The van der Waals surface area contributed by atoms with Gasteiger partial charge < -0.3 is 0 Å². The van der Waals surface area contributed by atoms with Crippen LogP contribution in [-0.2, 0) is 0 Å². The summed E-state index contributed by atoms with van der Waals surface area (Å²) in [5, 5.41) is 5.49. The quantitative estimate of drug-likeness (QED) is 0.241. The molecule has 4 heteroatoms. The Morgan fingerprint density at radius 2 is 1.17 bits per heavy atom. The maximum atomic E-state index is 2.39. The fourth-order valence-electron chi connectivity index (χ4n) is 4.18. The second-order valence-corrected chi connectivity index (χ2v) is 12.6. The molecule has 30 heavy (non-hydrogen) atoms. The summed E-state index contributed by atoms with van der Waals surface area (Å²) < 4.78 is 2.83. The van der Waals surface area contributed by atoms with E-state index in [9.17, 15) is 0 Å². The van der Waals surface area contributed by atoms with Crippen molar-refractivity contribution in [2.45, 2.75) is 27.7 Å². The smallest absolute Gasteiger partial charge is 0.0479 e. The minimum Gasteiger partial charge on any atom is -0.140 e. The topological polar surface area (TPSA) is 0 Å².